The second kappa shape index (κ2) is 14.5. The van der Waals surface area contributed by atoms with Crippen LogP contribution < -0.4 is 10.6 Å². The van der Waals surface area contributed by atoms with Gasteiger partial charge in [-0.1, -0.05) is 30.3 Å². The summed E-state index contributed by atoms with van der Waals surface area (Å²) in [6.45, 7) is 5.38. The van der Waals surface area contributed by atoms with Crippen LogP contribution >= 0.6 is 24.0 Å². The Balaban J connectivity index is 0.00000364. The standard InChI is InChI=1S/C20H29N3O3.HI/c1-3-21-20(22-12-8-13-25-16-18-11-7-14-26-18)23-15-19(24-2)17-9-5-4-6-10-17;/h4-7,9-11,14,19H,3,8,12-13,15-16H2,1-2H3,(H2,21,22,23);1H. The molecule has 0 spiro atoms. The molecule has 7 heteroatoms. The topological polar surface area (TPSA) is 68.0 Å². The third kappa shape index (κ3) is 9.25. The van der Waals surface area contributed by atoms with Crippen LogP contribution in [-0.4, -0.2) is 39.3 Å². The molecule has 0 amide bonds. The normalized spacial score (nSPS) is 12.3. The van der Waals surface area contributed by atoms with Gasteiger partial charge in [0.25, 0.3) is 0 Å². The molecule has 2 rings (SSSR count). The third-order valence-corrected chi connectivity index (χ3v) is 3.80. The lowest BCUT2D eigenvalue weighted by Gasteiger charge is -2.16. The van der Waals surface area contributed by atoms with Crippen molar-refractivity contribution in [2.24, 2.45) is 4.99 Å². The average molecular weight is 487 g/mol. The van der Waals surface area contributed by atoms with E-state index in [1.54, 1.807) is 13.4 Å². The molecule has 1 unspecified atom stereocenters. The van der Waals surface area contributed by atoms with Gasteiger partial charge in [-0.3, -0.25) is 4.99 Å². The van der Waals surface area contributed by atoms with Crippen LogP contribution in [0.15, 0.2) is 58.1 Å². The van der Waals surface area contributed by atoms with Crippen molar-refractivity contribution in [1.29, 1.82) is 0 Å². The number of furan rings is 1. The molecule has 0 aliphatic carbocycles. The van der Waals surface area contributed by atoms with Crippen LogP contribution in [0.1, 0.15) is 30.8 Å². The number of methoxy groups -OCH3 is 1. The molecule has 0 fully saturated rings. The molecule has 0 aliphatic rings. The first-order valence-electron chi connectivity index (χ1n) is 9.03. The highest BCUT2D eigenvalue weighted by Crippen LogP contribution is 2.16. The van der Waals surface area contributed by atoms with E-state index in [4.69, 9.17) is 13.9 Å². The molecule has 0 aliphatic heterocycles. The molecule has 1 aromatic carbocycles. The molecule has 27 heavy (non-hydrogen) atoms. The highest BCUT2D eigenvalue weighted by Gasteiger charge is 2.09. The van der Waals surface area contributed by atoms with Gasteiger partial charge in [-0.05, 0) is 31.0 Å². The molecule has 2 N–H and O–H groups in total. The van der Waals surface area contributed by atoms with E-state index in [1.807, 2.05) is 30.3 Å². The van der Waals surface area contributed by atoms with Gasteiger partial charge in [-0.25, -0.2) is 0 Å². The van der Waals surface area contributed by atoms with Gasteiger partial charge < -0.3 is 24.5 Å². The Morgan fingerprint density at radius 2 is 1.96 bits per heavy atom. The Kier molecular flexibility index (Phi) is 12.6. The summed E-state index contributed by atoms with van der Waals surface area (Å²) in [5, 5.41) is 6.58. The number of hydrogen-bond acceptors (Lipinski definition) is 4. The lowest BCUT2D eigenvalue weighted by molar-refractivity contribution is 0.104. The van der Waals surface area contributed by atoms with Crippen LogP contribution in [0.3, 0.4) is 0 Å². The number of ether oxygens (including phenoxy) is 2. The van der Waals surface area contributed by atoms with E-state index < -0.39 is 0 Å². The zero-order chi connectivity index (χ0) is 18.5. The largest absolute Gasteiger partial charge is 0.467 e. The first kappa shape index (κ1) is 23.5. The fourth-order valence-corrected chi connectivity index (χ4v) is 2.45. The fourth-order valence-electron chi connectivity index (χ4n) is 2.45. The van der Waals surface area contributed by atoms with Crippen LogP contribution in [0.25, 0.3) is 0 Å². The van der Waals surface area contributed by atoms with Gasteiger partial charge in [-0.15, -0.1) is 24.0 Å². The Morgan fingerprint density at radius 3 is 2.63 bits per heavy atom. The zero-order valence-corrected chi connectivity index (χ0v) is 18.3. The van der Waals surface area contributed by atoms with Crippen LogP contribution in [0.5, 0.6) is 0 Å². The van der Waals surface area contributed by atoms with Crippen molar-refractivity contribution in [1.82, 2.24) is 10.6 Å². The predicted molar refractivity (Wildman–Crippen MR) is 119 cm³/mol. The lowest BCUT2D eigenvalue weighted by Crippen LogP contribution is -2.38. The first-order valence-corrected chi connectivity index (χ1v) is 9.03. The number of nitrogens with zero attached hydrogens (tertiary/aromatic N) is 1. The molecule has 1 aromatic heterocycles. The average Bonchev–Trinajstić information content (AvgIpc) is 3.19. The smallest absolute Gasteiger partial charge is 0.191 e. The van der Waals surface area contributed by atoms with Crippen LogP contribution in [0.2, 0.25) is 0 Å². The number of hydrogen-bond donors (Lipinski definition) is 2. The minimum Gasteiger partial charge on any atom is -0.467 e. The van der Waals surface area contributed by atoms with E-state index >= 15 is 0 Å². The van der Waals surface area contributed by atoms with E-state index in [0.717, 1.165) is 36.8 Å². The van der Waals surface area contributed by atoms with Crippen LogP contribution in [-0.2, 0) is 16.1 Å². The maximum Gasteiger partial charge on any atom is 0.191 e. The maximum atomic E-state index is 5.58. The minimum atomic E-state index is -0.0525. The summed E-state index contributed by atoms with van der Waals surface area (Å²) in [4.78, 5) is 4.63. The van der Waals surface area contributed by atoms with Crippen LogP contribution in [0.4, 0.5) is 0 Å². The van der Waals surface area contributed by atoms with Gasteiger partial charge in [-0.2, -0.15) is 0 Å². The molecular weight excluding hydrogens is 457 g/mol. The monoisotopic (exact) mass is 487 g/mol. The van der Waals surface area contributed by atoms with Crippen molar-refractivity contribution in [3.63, 3.8) is 0 Å². The van der Waals surface area contributed by atoms with Crippen molar-refractivity contribution in [3.05, 3.63) is 60.1 Å². The van der Waals surface area contributed by atoms with Gasteiger partial charge in [0.1, 0.15) is 18.5 Å². The summed E-state index contributed by atoms with van der Waals surface area (Å²) in [7, 11) is 1.71. The summed E-state index contributed by atoms with van der Waals surface area (Å²) >= 11 is 0. The number of benzene rings is 1. The SMILES string of the molecule is CCNC(=NCC(OC)c1ccccc1)NCCCOCc1ccco1.I. The van der Waals surface area contributed by atoms with Crippen molar-refractivity contribution >= 4 is 29.9 Å². The summed E-state index contributed by atoms with van der Waals surface area (Å²) in [6, 6.07) is 13.9. The van der Waals surface area contributed by atoms with Gasteiger partial charge in [0.05, 0.1) is 12.8 Å². The van der Waals surface area contributed by atoms with Crippen molar-refractivity contribution < 1.29 is 13.9 Å². The first-order chi connectivity index (χ1) is 12.8. The minimum absolute atomic E-state index is 0. The van der Waals surface area contributed by atoms with E-state index in [2.05, 4.69) is 34.7 Å². The molecule has 1 heterocycles. The number of halogens is 1. The second-order valence-electron chi connectivity index (χ2n) is 5.77. The van der Waals surface area contributed by atoms with E-state index in [-0.39, 0.29) is 30.1 Å². The second-order valence-corrected chi connectivity index (χ2v) is 5.77. The Hall–Kier alpha value is -1.58. The van der Waals surface area contributed by atoms with E-state index in [1.165, 1.54) is 0 Å². The van der Waals surface area contributed by atoms with Crippen molar-refractivity contribution in [2.45, 2.75) is 26.1 Å². The zero-order valence-electron chi connectivity index (χ0n) is 16.0. The summed E-state index contributed by atoms with van der Waals surface area (Å²) in [5.41, 5.74) is 1.13. The van der Waals surface area contributed by atoms with Gasteiger partial charge in [0.15, 0.2) is 5.96 Å². The third-order valence-electron chi connectivity index (χ3n) is 3.80. The Bertz CT molecular complexity index is 621. The molecule has 0 saturated carbocycles. The molecule has 0 radical (unpaired) electrons. The molecule has 0 bridgehead atoms. The van der Waals surface area contributed by atoms with Gasteiger partial charge in [0, 0.05) is 26.8 Å². The fraction of sp³-hybridized carbons (Fsp3) is 0.450. The summed E-state index contributed by atoms with van der Waals surface area (Å²) < 4.78 is 16.4. The molecule has 150 valence electrons. The highest BCUT2D eigenvalue weighted by molar-refractivity contribution is 14.0. The lowest BCUT2D eigenvalue weighted by atomic mass is 10.1. The molecule has 1 atom stereocenters. The van der Waals surface area contributed by atoms with Gasteiger partial charge >= 0.3 is 0 Å². The quantitative estimate of drug-likeness (QED) is 0.219. The number of guanidine groups is 1. The van der Waals surface area contributed by atoms with Crippen molar-refractivity contribution in [2.75, 3.05) is 33.4 Å². The predicted octanol–water partition coefficient (Wildman–Crippen LogP) is 3.75. The highest BCUT2D eigenvalue weighted by atomic mass is 127. The Labute approximate surface area is 178 Å². The number of nitrogens with one attached hydrogen (secondary N) is 2. The molecule has 2 aromatic rings. The van der Waals surface area contributed by atoms with Crippen molar-refractivity contribution in [3.8, 4) is 0 Å². The van der Waals surface area contributed by atoms with Gasteiger partial charge in [0.2, 0.25) is 0 Å². The molecule has 0 saturated heterocycles. The Morgan fingerprint density at radius 1 is 1.15 bits per heavy atom. The number of aliphatic imine (C=N–C) groups is 1. The maximum absolute atomic E-state index is 5.58. The molecule has 6 nitrogen and oxygen atoms in total. The van der Waals surface area contributed by atoms with Crippen LogP contribution in [0, 0.1) is 0 Å². The summed E-state index contributed by atoms with van der Waals surface area (Å²) in [6.07, 6.45) is 2.49. The molecular formula is C20H30IN3O3. The number of rotatable bonds is 11. The summed E-state index contributed by atoms with van der Waals surface area (Å²) in [5.74, 6) is 1.64. The van der Waals surface area contributed by atoms with E-state index in [9.17, 15) is 0 Å². The van der Waals surface area contributed by atoms with E-state index in [0.29, 0.717) is 19.8 Å².